The van der Waals surface area contributed by atoms with Crippen LogP contribution in [0.1, 0.15) is 74.2 Å². The van der Waals surface area contributed by atoms with E-state index in [1.807, 2.05) is 0 Å². The molecule has 0 spiro atoms. The number of carbonyl (C=O) groups is 3. The van der Waals surface area contributed by atoms with E-state index in [1.165, 1.54) is 62.2 Å². The highest BCUT2D eigenvalue weighted by Gasteiger charge is 2.13. The first-order valence-electron chi connectivity index (χ1n) is 11.6. The Morgan fingerprint density at radius 3 is 2.29 bits per heavy atom. The van der Waals surface area contributed by atoms with E-state index in [0.717, 1.165) is 19.3 Å². The summed E-state index contributed by atoms with van der Waals surface area (Å²) >= 11 is 0. The standard InChI is InChI=1S/C26H32FN3O4/c1-2-3-4-5-6-7-8-13-24(31)28-19-25(32)30-29-18-20-14-16-21(17-15-20)34-26(33)22-11-9-10-12-23(22)27/h9-12,14-18H,2-8,13,19H2,1H3,(H,28,31)(H,30,32). The topological polar surface area (TPSA) is 96.9 Å². The van der Waals surface area contributed by atoms with Crippen LogP contribution in [-0.4, -0.2) is 30.5 Å². The number of hydrogen-bond donors (Lipinski definition) is 2. The van der Waals surface area contributed by atoms with Crippen LogP contribution in [0.3, 0.4) is 0 Å². The summed E-state index contributed by atoms with van der Waals surface area (Å²) in [5.74, 6) is -1.77. The number of hydrogen-bond acceptors (Lipinski definition) is 5. The van der Waals surface area contributed by atoms with Crippen molar-refractivity contribution >= 4 is 24.0 Å². The van der Waals surface area contributed by atoms with Gasteiger partial charge in [-0.3, -0.25) is 9.59 Å². The molecule has 0 bridgehead atoms. The maximum absolute atomic E-state index is 13.7. The largest absolute Gasteiger partial charge is 0.423 e. The molecule has 0 heterocycles. The minimum absolute atomic E-state index is 0.141. The first kappa shape index (κ1) is 26.7. The van der Waals surface area contributed by atoms with Crippen molar-refractivity contribution in [1.29, 1.82) is 0 Å². The average molecular weight is 470 g/mol. The normalized spacial score (nSPS) is 10.8. The molecule has 2 N–H and O–H groups in total. The minimum Gasteiger partial charge on any atom is -0.423 e. The van der Waals surface area contributed by atoms with Gasteiger partial charge in [0.1, 0.15) is 11.6 Å². The zero-order valence-corrected chi connectivity index (χ0v) is 19.5. The summed E-state index contributed by atoms with van der Waals surface area (Å²) < 4.78 is 18.8. The lowest BCUT2D eigenvalue weighted by molar-refractivity contribution is -0.126. The molecule has 0 unspecified atom stereocenters. The molecule has 182 valence electrons. The van der Waals surface area contributed by atoms with Crippen LogP contribution in [0.4, 0.5) is 4.39 Å². The number of nitrogens with zero attached hydrogens (tertiary/aromatic N) is 1. The maximum Gasteiger partial charge on any atom is 0.346 e. The summed E-state index contributed by atoms with van der Waals surface area (Å²) in [6, 6.07) is 11.9. The molecule has 0 saturated heterocycles. The van der Waals surface area contributed by atoms with Crippen molar-refractivity contribution in [2.75, 3.05) is 6.54 Å². The number of rotatable bonds is 14. The van der Waals surface area contributed by atoms with Crippen molar-refractivity contribution < 1.29 is 23.5 Å². The molecule has 2 aromatic rings. The number of hydrazone groups is 1. The number of esters is 1. The second-order valence-electron chi connectivity index (χ2n) is 7.88. The lowest BCUT2D eigenvalue weighted by atomic mass is 10.1. The molecule has 8 heteroatoms. The number of unbranched alkanes of at least 4 members (excludes halogenated alkanes) is 6. The number of ether oxygens (including phenoxy) is 1. The summed E-state index contributed by atoms with van der Waals surface area (Å²) in [5, 5.41) is 6.43. The van der Waals surface area contributed by atoms with E-state index in [2.05, 4.69) is 22.8 Å². The third-order valence-electron chi connectivity index (χ3n) is 5.04. The fourth-order valence-electron chi connectivity index (χ4n) is 3.14. The average Bonchev–Trinajstić information content (AvgIpc) is 2.83. The van der Waals surface area contributed by atoms with Crippen LogP contribution in [0, 0.1) is 5.82 Å². The maximum atomic E-state index is 13.7. The molecule has 0 fully saturated rings. The van der Waals surface area contributed by atoms with Gasteiger partial charge in [-0.2, -0.15) is 5.10 Å². The predicted molar refractivity (Wildman–Crippen MR) is 129 cm³/mol. The Labute approximate surface area is 199 Å². The van der Waals surface area contributed by atoms with Crippen LogP contribution in [0.25, 0.3) is 0 Å². The molecule has 2 amide bonds. The molecule has 0 saturated carbocycles. The molecule has 0 aliphatic rings. The third-order valence-corrected chi connectivity index (χ3v) is 5.04. The zero-order chi connectivity index (χ0) is 24.6. The monoisotopic (exact) mass is 469 g/mol. The highest BCUT2D eigenvalue weighted by Crippen LogP contribution is 2.15. The summed E-state index contributed by atoms with van der Waals surface area (Å²) in [6.07, 6.45) is 9.74. The van der Waals surface area contributed by atoms with Crippen molar-refractivity contribution in [2.24, 2.45) is 5.10 Å². The second-order valence-corrected chi connectivity index (χ2v) is 7.88. The number of nitrogens with one attached hydrogen (secondary N) is 2. The van der Waals surface area contributed by atoms with Crippen molar-refractivity contribution in [1.82, 2.24) is 10.7 Å². The Morgan fingerprint density at radius 2 is 1.59 bits per heavy atom. The van der Waals surface area contributed by atoms with Gasteiger partial charge in [0.15, 0.2) is 0 Å². The summed E-state index contributed by atoms with van der Waals surface area (Å²) in [5.41, 5.74) is 2.85. The Kier molecular flexibility index (Phi) is 12.0. The van der Waals surface area contributed by atoms with Gasteiger partial charge in [-0.1, -0.05) is 57.6 Å². The van der Waals surface area contributed by atoms with Gasteiger partial charge in [-0.05, 0) is 48.4 Å². The molecule has 0 aromatic heterocycles. The van der Waals surface area contributed by atoms with E-state index in [4.69, 9.17) is 4.74 Å². The van der Waals surface area contributed by atoms with E-state index in [0.29, 0.717) is 12.0 Å². The van der Waals surface area contributed by atoms with Crippen LogP contribution in [0.2, 0.25) is 0 Å². The van der Waals surface area contributed by atoms with Gasteiger partial charge in [0, 0.05) is 6.42 Å². The molecular formula is C26H32FN3O4. The lowest BCUT2D eigenvalue weighted by Crippen LogP contribution is -2.34. The van der Waals surface area contributed by atoms with E-state index < -0.39 is 17.7 Å². The van der Waals surface area contributed by atoms with Gasteiger partial charge in [-0.15, -0.1) is 0 Å². The number of benzene rings is 2. The Balaban J connectivity index is 1.64. The highest BCUT2D eigenvalue weighted by atomic mass is 19.1. The fraction of sp³-hybridized carbons (Fsp3) is 0.385. The van der Waals surface area contributed by atoms with E-state index >= 15 is 0 Å². The molecule has 0 radical (unpaired) electrons. The molecular weight excluding hydrogens is 437 g/mol. The van der Waals surface area contributed by atoms with Crippen molar-refractivity contribution in [3.63, 3.8) is 0 Å². The molecule has 2 rings (SSSR count). The SMILES string of the molecule is CCCCCCCCCC(=O)NCC(=O)NN=Cc1ccc(OC(=O)c2ccccc2F)cc1. The van der Waals surface area contributed by atoms with Crippen LogP contribution < -0.4 is 15.5 Å². The second kappa shape index (κ2) is 15.3. The van der Waals surface area contributed by atoms with Crippen molar-refractivity contribution in [3.8, 4) is 5.75 Å². The van der Waals surface area contributed by atoms with Gasteiger partial charge in [0.25, 0.3) is 5.91 Å². The number of halogens is 1. The first-order valence-corrected chi connectivity index (χ1v) is 11.6. The van der Waals surface area contributed by atoms with Gasteiger partial charge in [0.2, 0.25) is 5.91 Å². The number of amides is 2. The summed E-state index contributed by atoms with van der Waals surface area (Å²) in [7, 11) is 0. The lowest BCUT2D eigenvalue weighted by Gasteiger charge is -2.05. The van der Waals surface area contributed by atoms with Gasteiger partial charge < -0.3 is 10.1 Å². The van der Waals surface area contributed by atoms with Crippen LogP contribution >= 0.6 is 0 Å². The van der Waals surface area contributed by atoms with Gasteiger partial charge >= 0.3 is 5.97 Å². The summed E-state index contributed by atoms with van der Waals surface area (Å²) in [6.45, 7) is 2.04. The quantitative estimate of drug-likeness (QED) is 0.137. The molecule has 0 aliphatic heterocycles. The summed E-state index contributed by atoms with van der Waals surface area (Å²) in [4.78, 5) is 35.7. The Morgan fingerprint density at radius 1 is 0.912 bits per heavy atom. The Bertz CT molecular complexity index is 961. The minimum atomic E-state index is -0.791. The van der Waals surface area contributed by atoms with Crippen LogP contribution in [0.5, 0.6) is 5.75 Å². The predicted octanol–water partition coefficient (Wildman–Crippen LogP) is 4.75. The molecule has 34 heavy (non-hydrogen) atoms. The van der Waals surface area contributed by atoms with Crippen molar-refractivity contribution in [2.45, 2.75) is 58.3 Å². The van der Waals surface area contributed by atoms with Crippen LogP contribution in [-0.2, 0) is 9.59 Å². The molecule has 0 aliphatic carbocycles. The van der Waals surface area contributed by atoms with E-state index in [9.17, 15) is 18.8 Å². The molecule has 2 aromatic carbocycles. The Hall–Kier alpha value is -3.55. The van der Waals surface area contributed by atoms with Crippen molar-refractivity contribution in [3.05, 3.63) is 65.5 Å². The van der Waals surface area contributed by atoms with Gasteiger partial charge in [0.05, 0.1) is 18.3 Å². The third kappa shape index (κ3) is 10.4. The molecule has 7 nitrogen and oxygen atoms in total. The fourth-order valence-corrected chi connectivity index (χ4v) is 3.14. The van der Waals surface area contributed by atoms with E-state index in [1.54, 1.807) is 18.2 Å². The van der Waals surface area contributed by atoms with Gasteiger partial charge in [-0.25, -0.2) is 14.6 Å². The molecule has 0 atom stereocenters. The number of carbonyl (C=O) groups excluding carboxylic acids is 3. The highest BCUT2D eigenvalue weighted by molar-refractivity contribution is 5.91. The van der Waals surface area contributed by atoms with E-state index in [-0.39, 0.29) is 23.8 Å². The smallest absolute Gasteiger partial charge is 0.346 e. The zero-order valence-electron chi connectivity index (χ0n) is 19.5. The van der Waals surface area contributed by atoms with Crippen LogP contribution in [0.15, 0.2) is 53.6 Å². The first-order chi connectivity index (χ1) is 16.5.